The second-order valence-electron chi connectivity index (χ2n) is 10.6. The van der Waals surface area contributed by atoms with Crippen molar-refractivity contribution >= 4 is 11.8 Å². The third-order valence-electron chi connectivity index (χ3n) is 7.21. The molecule has 6 heteroatoms. The molecule has 0 amide bonds. The Morgan fingerprint density at radius 1 is 1.03 bits per heavy atom. The van der Waals surface area contributed by atoms with Crippen LogP contribution in [0.4, 0.5) is 0 Å². The maximum absolute atomic E-state index is 12.5. The first-order valence-corrected chi connectivity index (χ1v) is 12.5. The van der Waals surface area contributed by atoms with Gasteiger partial charge in [0.15, 0.2) is 5.78 Å². The lowest BCUT2D eigenvalue weighted by atomic mass is 9.78. The van der Waals surface area contributed by atoms with Crippen molar-refractivity contribution in [3.05, 3.63) is 0 Å². The highest BCUT2D eigenvalue weighted by atomic mass is 16.5. The van der Waals surface area contributed by atoms with E-state index in [-0.39, 0.29) is 47.9 Å². The number of rotatable bonds is 14. The molecule has 6 nitrogen and oxygen atoms in total. The highest BCUT2D eigenvalue weighted by Gasteiger charge is 2.45. The van der Waals surface area contributed by atoms with Gasteiger partial charge in [-0.3, -0.25) is 14.5 Å². The lowest BCUT2D eigenvalue weighted by Crippen LogP contribution is -2.63. The third kappa shape index (κ3) is 7.81. The van der Waals surface area contributed by atoms with Gasteiger partial charge in [0.25, 0.3) is 0 Å². The number of methoxy groups -OCH3 is 1. The molecule has 0 spiro atoms. The van der Waals surface area contributed by atoms with Crippen LogP contribution in [-0.4, -0.2) is 65.8 Å². The van der Waals surface area contributed by atoms with Crippen LogP contribution >= 0.6 is 0 Å². The number of Topliss-reactive ketones (excluding diaryl/α,β-unsaturated/α-hetero) is 1. The summed E-state index contributed by atoms with van der Waals surface area (Å²) in [7, 11) is 1.56. The molecule has 0 N–H and O–H groups in total. The predicted octanol–water partition coefficient (Wildman–Crippen LogP) is 5.31. The fourth-order valence-corrected chi connectivity index (χ4v) is 5.54. The molecule has 32 heavy (non-hydrogen) atoms. The van der Waals surface area contributed by atoms with E-state index in [1.54, 1.807) is 7.11 Å². The number of piperidine rings is 1. The minimum Gasteiger partial charge on any atom is -0.464 e. The van der Waals surface area contributed by atoms with Gasteiger partial charge in [0.1, 0.15) is 12.2 Å². The van der Waals surface area contributed by atoms with Crippen molar-refractivity contribution in [2.45, 2.75) is 136 Å². The van der Waals surface area contributed by atoms with Crippen molar-refractivity contribution in [1.82, 2.24) is 4.90 Å². The molecule has 188 valence electrons. The summed E-state index contributed by atoms with van der Waals surface area (Å²) in [4.78, 5) is 27.3. The summed E-state index contributed by atoms with van der Waals surface area (Å²) in [5, 5.41) is 0. The lowest BCUT2D eigenvalue weighted by Gasteiger charge is -2.55. The highest BCUT2D eigenvalue weighted by Crippen LogP contribution is 2.39. The molecular weight excluding hydrogens is 406 g/mol. The number of esters is 1. The second-order valence-corrected chi connectivity index (χ2v) is 10.6. The van der Waals surface area contributed by atoms with E-state index in [0.29, 0.717) is 26.0 Å². The molecule has 1 atom stereocenters. The van der Waals surface area contributed by atoms with Crippen LogP contribution < -0.4 is 0 Å². The first kappa shape index (κ1) is 29.1. The van der Waals surface area contributed by atoms with Crippen molar-refractivity contribution < 1.29 is 23.8 Å². The summed E-state index contributed by atoms with van der Waals surface area (Å²) in [6.07, 6.45) is 6.12. The summed E-state index contributed by atoms with van der Waals surface area (Å²) in [6, 6.07) is 0. The van der Waals surface area contributed by atoms with Crippen LogP contribution in [0, 0.1) is 0 Å². The van der Waals surface area contributed by atoms with Gasteiger partial charge in [0.2, 0.25) is 0 Å². The van der Waals surface area contributed by atoms with E-state index in [2.05, 4.69) is 46.4 Å². The quantitative estimate of drug-likeness (QED) is 0.331. The zero-order valence-corrected chi connectivity index (χ0v) is 22.2. The number of nitrogens with zero attached hydrogens (tertiary/aromatic N) is 1. The molecule has 1 fully saturated rings. The lowest BCUT2D eigenvalue weighted by molar-refractivity contribution is -0.152. The fraction of sp³-hybridized carbons (Fsp3) is 0.923. The molecule has 0 unspecified atom stereocenters. The Labute approximate surface area is 196 Å². The summed E-state index contributed by atoms with van der Waals surface area (Å²) < 4.78 is 17.3. The summed E-state index contributed by atoms with van der Waals surface area (Å²) >= 11 is 0. The maximum Gasteiger partial charge on any atom is 0.306 e. The summed E-state index contributed by atoms with van der Waals surface area (Å²) in [5.74, 6) is -0.346. The number of hydrogen-bond acceptors (Lipinski definition) is 6. The van der Waals surface area contributed by atoms with E-state index in [0.717, 1.165) is 25.7 Å². The van der Waals surface area contributed by atoms with Crippen LogP contribution in [0.15, 0.2) is 0 Å². The van der Waals surface area contributed by atoms with E-state index in [4.69, 9.17) is 14.2 Å². The average molecular weight is 456 g/mol. The van der Waals surface area contributed by atoms with Crippen LogP contribution in [0.25, 0.3) is 0 Å². The molecule has 0 aliphatic carbocycles. The van der Waals surface area contributed by atoms with Crippen LogP contribution in [0.2, 0.25) is 0 Å². The van der Waals surface area contributed by atoms with Gasteiger partial charge in [-0.05, 0) is 66.7 Å². The number of likely N-dealkylation sites (tertiary alicyclic amines) is 1. The molecule has 1 heterocycles. The van der Waals surface area contributed by atoms with Crippen molar-refractivity contribution in [3.63, 3.8) is 0 Å². The molecule has 1 aliphatic heterocycles. The van der Waals surface area contributed by atoms with Gasteiger partial charge >= 0.3 is 5.97 Å². The predicted molar refractivity (Wildman–Crippen MR) is 129 cm³/mol. The molecule has 0 aromatic rings. The van der Waals surface area contributed by atoms with E-state index in [1.807, 2.05) is 13.8 Å². The van der Waals surface area contributed by atoms with Crippen LogP contribution in [-0.2, 0) is 23.8 Å². The van der Waals surface area contributed by atoms with E-state index >= 15 is 0 Å². The first-order chi connectivity index (χ1) is 14.9. The zero-order valence-electron chi connectivity index (χ0n) is 22.2. The van der Waals surface area contributed by atoms with Crippen molar-refractivity contribution in [2.24, 2.45) is 0 Å². The van der Waals surface area contributed by atoms with Crippen LogP contribution in [0.1, 0.15) is 107 Å². The molecule has 1 saturated heterocycles. The summed E-state index contributed by atoms with van der Waals surface area (Å²) in [6.45, 7) is 18.2. The monoisotopic (exact) mass is 455 g/mol. The van der Waals surface area contributed by atoms with Crippen LogP contribution in [0.3, 0.4) is 0 Å². The molecular formula is C26H49NO5. The Morgan fingerprint density at radius 3 is 2.06 bits per heavy atom. The summed E-state index contributed by atoms with van der Waals surface area (Å²) in [5.41, 5.74) is -0.891. The van der Waals surface area contributed by atoms with Gasteiger partial charge < -0.3 is 14.2 Å². The van der Waals surface area contributed by atoms with Gasteiger partial charge in [-0.25, -0.2) is 0 Å². The molecule has 0 saturated carbocycles. The van der Waals surface area contributed by atoms with E-state index < -0.39 is 5.60 Å². The normalized spacial score (nSPS) is 20.2. The first-order valence-electron chi connectivity index (χ1n) is 12.5. The van der Waals surface area contributed by atoms with Crippen molar-refractivity contribution in [1.29, 1.82) is 0 Å². The average Bonchev–Trinajstić information content (AvgIpc) is 2.69. The standard InChI is InChI=1S/C26H49NO5/c1-10-13-20(4)32-21-18-24(5,6)27(25(7,8)19-21)16-17-31-23(29)15-14-22(28)26(11-2,12-3)30-9/h20-21H,10-19H2,1-9H3/t20-/m1/s1. The molecule has 0 bridgehead atoms. The Morgan fingerprint density at radius 2 is 1.59 bits per heavy atom. The molecule has 0 radical (unpaired) electrons. The van der Waals surface area contributed by atoms with Crippen molar-refractivity contribution in [3.8, 4) is 0 Å². The minimum absolute atomic E-state index is 0.0245. The molecule has 1 aliphatic rings. The minimum atomic E-state index is -0.782. The van der Waals surface area contributed by atoms with Gasteiger partial charge in [-0.1, -0.05) is 27.2 Å². The third-order valence-corrected chi connectivity index (χ3v) is 7.21. The Bertz CT molecular complexity index is 571. The maximum atomic E-state index is 12.5. The van der Waals surface area contributed by atoms with Crippen molar-refractivity contribution in [2.75, 3.05) is 20.3 Å². The Kier molecular flexibility index (Phi) is 11.3. The number of carbonyl (C=O) groups excluding carboxylic acids is 2. The van der Waals surface area contributed by atoms with Gasteiger partial charge in [-0.2, -0.15) is 0 Å². The zero-order chi connectivity index (χ0) is 24.6. The SMILES string of the molecule is CCC[C@@H](C)OC1CC(C)(C)N(CCOC(=O)CCC(=O)C(CC)(CC)OC)C(C)(C)C1. The van der Waals surface area contributed by atoms with Gasteiger partial charge in [0, 0.05) is 31.2 Å². The molecule has 0 aromatic heterocycles. The topological polar surface area (TPSA) is 65.1 Å². The van der Waals surface area contributed by atoms with E-state index in [1.165, 1.54) is 0 Å². The van der Waals surface area contributed by atoms with Gasteiger partial charge in [-0.15, -0.1) is 0 Å². The smallest absolute Gasteiger partial charge is 0.306 e. The highest BCUT2D eigenvalue weighted by molar-refractivity contribution is 5.89. The Balaban J connectivity index is 2.57. The van der Waals surface area contributed by atoms with E-state index in [9.17, 15) is 9.59 Å². The number of ether oxygens (including phenoxy) is 3. The molecule has 0 aromatic carbocycles. The fourth-order valence-electron chi connectivity index (χ4n) is 5.54. The van der Waals surface area contributed by atoms with Gasteiger partial charge in [0.05, 0.1) is 18.6 Å². The van der Waals surface area contributed by atoms with Crippen LogP contribution in [0.5, 0.6) is 0 Å². The molecule has 1 rings (SSSR count). The Hall–Kier alpha value is -0.980. The number of ketones is 1. The number of hydrogen-bond donors (Lipinski definition) is 0. The largest absolute Gasteiger partial charge is 0.464 e. The second kappa shape index (κ2) is 12.5. The number of carbonyl (C=O) groups is 2.